The van der Waals surface area contributed by atoms with E-state index in [9.17, 15) is 4.79 Å². The average Bonchev–Trinajstić information content (AvgIpc) is 2.58. The summed E-state index contributed by atoms with van der Waals surface area (Å²) in [5.41, 5.74) is 2.89. The predicted molar refractivity (Wildman–Crippen MR) is 94.1 cm³/mol. The van der Waals surface area contributed by atoms with Crippen molar-refractivity contribution in [3.63, 3.8) is 0 Å². The molecule has 0 spiro atoms. The van der Waals surface area contributed by atoms with Crippen molar-refractivity contribution in [3.05, 3.63) is 29.3 Å². The molecular formula is C19H30N2O2. The summed E-state index contributed by atoms with van der Waals surface area (Å²) in [5.74, 6) is 0.916. The third-order valence-corrected chi connectivity index (χ3v) is 4.24. The second-order valence-corrected chi connectivity index (χ2v) is 6.21. The van der Waals surface area contributed by atoms with E-state index in [0.717, 1.165) is 38.1 Å². The van der Waals surface area contributed by atoms with E-state index in [-0.39, 0.29) is 6.03 Å². The van der Waals surface area contributed by atoms with Crippen molar-refractivity contribution in [2.24, 2.45) is 0 Å². The highest BCUT2D eigenvalue weighted by atomic mass is 16.5. The Morgan fingerprint density at radius 3 is 2.52 bits per heavy atom. The van der Waals surface area contributed by atoms with Crippen LogP contribution in [0.3, 0.4) is 0 Å². The van der Waals surface area contributed by atoms with Gasteiger partial charge in [-0.05, 0) is 61.8 Å². The molecule has 0 atom stereocenters. The number of ether oxygens (including phenoxy) is 1. The average molecular weight is 318 g/mol. The minimum Gasteiger partial charge on any atom is -0.492 e. The van der Waals surface area contributed by atoms with Gasteiger partial charge in [0, 0.05) is 13.1 Å². The normalized spacial score (nSPS) is 13.3. The van der Waals surface area contributed by atoms with Gasteiger partial charge in [0.1, 0.15) is 12.4 Å². The van der Waals surface area contributed by atoms with Crippen LogP contribution in [0.15, 0.2) is 18.2 Å². The second kappa shape index (κ2) is 9.43. The van der Waals surface area contributed by atoms with E-state index in [1.807, 2.05) is 11.0 Å². The van der Waals surface area contributed by atoms with E-state index >= 15 is 0 Å². The summed E-state index contributed by atoms with van der Waals surface area (Å²) in [5, 5.41) is 2.95. The van der Waals surface area contributed by atoms with Crippen molar-refractivity contribution in [1.82, 2.24) is 10.2 Å². The molecule has 2 rings (SSSR count). The molecule has 0 radical (unpaired) electrons. The van der Waals surface area contributed by atoms with E-state index in [4.69, 9.17) is 4.74 Å². The number of hydrogen-bond acceptors (Lipinski definition) is 2. The van der Waals surface area contributed by atoms with Gasteiger partial charge in [-0.25, -0.2) is 4.79 Å². The molecule has 0 bridgehead atoms. The van der Waals surface area contributed by atoms with Crippen LogP contribution >= 0.6 is 0 Å². The number of nitrogens with one attached hydrogen (secondary N) is 1. The molecule has 23 heavy (non-hydrogen) atoms. The van der Waals surface area contributed by atoms with Gasteiger partial charge < -0.3 is 15.0 Å². The highest BCUT2D eigenvalue weighted by Gasteiger charge is 2.11. The number of rotatable bonds is 8. The molecule has 2 amide bonds. The highest BCUT2D eigenvalue weighted by molar-refractivity contribution is 5.74. The van der Waals surface area contributed by atoms with E-state index in [1.54, 1.807) is 0 Å². The number of carbonyl (C=O) groups is 1. The highest BCUT2D eigenvalue weighted by Crippen LogP contribution is 2.25. The Morgan fingerprint density at radius 1 is 1.13 bits per heavy atom. The molecule has 0 saturated heterocycles. The SMILES string of the molecule is CCCN(CCC)C(=O)NCCOc1ccc2c(c1)CCCC2. The minimum absolute atomic E-state index is 0.0164. The maximum absolute atomic E-state index is 12.1. The first-order valence-electron chi connectivity index (χ1n) is 9.02. The summed E-state index contributed by atoms with van der Waals surface area (Å²) in [4.78, 5) is 14.0. The largest absolute Gasteiger partial charge is 0.492 e. The van der Waals surface area contributed by atoms with E-state index in [0.29, 0.717) is 13.2 Å². The lowest BCUT2D eigenvalue weighted by Gasteiger charge is -2.22. The van der Waals surface area contributed by atoms with Gasteiger partial charge in [-0.2, -0.15) is 0 Å². The van der Waals surface area contributed by atoms with Crippen molar-refractivity contribution >= 4 is 6.03 Å². The standard InChI is InChI=1S/C19H30N2O2/c1-3-12-21(13-4-2)19(22)20-11-14-23-18-10-9-16-7-5-6-8-17(16)15-18/h9-10,15H,3-8,11-14H2,1-2H3,(H,20,22). The minimum atomic E-state index is 0.0164. The molecular weight excluding hydrogens is 288 g/mol. The molecule has 0 unspecified atom stereocenters. The fourth-order valence-electron chi connectivity index (χ4n) is 3.09. The van der Waals surface area contributed by atoms with Gasteiger partial charge in [0.05, 0.1) is 6.54 Å². The van der Waals surface area contributed by atoms with E-state index in [1.165, 1.54) is 30.4 Å². The molecule has 1 aliphatic carbocycles. The molecule has 0 aromatic heterocycles. The molecule has 1 aromatic rings. The number of nitrogens with zero attached hydrogens (tertiary/aromatic N) is 1. The second-order valence-electron chi connectivity index (χ2n) is 6.21. The summed E-state index contributed by atoms with van der Waals surface area (Å²) in [7, 11) is 0. The number of aryl methyl sites for hydroxylation is 2. The first kappa shape index (κ1) is 17.6. The molecule has 4 heteroatoms. The first-order valence-corrected chi connectivity index (χ1v) is 9.02. The molecule has 1 N–H and O–H groups in total. The molecule has 0 saturated carbocycles. The zero-order chi connectivity index (χ0) is 16.5. The Hall–Kier alpha value is -1.71. The van der Waals surface area contributed by atoms with Gasteiger partial charge in [0.25, 0.3) is 0 Å². The van der Waals surface area contributed by atoms with Crippen LogP contribution in [0.4, 0.5) is 4.79 Å². The third kappa shape index (κ3) is 5.45. The summed E-state index contributed by atoms with van der Waals surface area (Å²) in [6.07, 6.45) is 6.89. The predicted octanol–water partition coefficient (Wildman–Crippen LogP) is 3.78. The number of amides is 2. The van der Waals surface area contributed by atoms with Crippen molar-refractivity contribution in [1.29, 1.82) is 0 Å². The smallest absolute Gasteiger partial charge is 0.317 e. The number of carbonyl (C=O) groups excluding carboxylic acids is 1. The summed E-state index contributed by atoms with van der Waals surface area (Å²) >= 11 is 0. The van der Waals surface area contributed by atoms with Crippen LogP contribution in [0.2, 0.25) is 0 Å². The Kier molecular flexibility index (Phi) is 7.24. The zero-order valence-electron chi connectivity index (χ0n) is 14.6. The first-order chi connectivity index (χ1) is 11.2. The van der Waals surface area contributed by atoms with Gasteiger partial charge in [0.2, 0.25) is 0 Å². The van der Waals surface area contributed by atoms with Crippen LogP contribution in [0.25, 0.3) is 0 Å². The monoisotopic (exact) mass is 318 g/mol. The molecule has 1 aromatic carbocycles. The zero-order valence-corrected chi connectivity index (χ0v) is 14.6. The molecule has 0 aliphatic heterocycles. The lowest BCUT2D eigenvalue weighted by molar-refractivity contribution is 0.194. The lowest BCUT2D eigenvalue weighted by Crippen LogP contribution is -2.42. The Balaban J connectivity index is 1.73. The lowest BCUT2D eigenvalue weighted by atomic mass is 9.92. The maximum Gasteiger partial charge on any atom is 0.317 e. The fourth-order valence-corrected chi connectivity index (χ4v) is 3.09. The number of urea groups is 1. The molecule has 0 heterocycles. The summed E-state index contributed by atoms with van der Waals surface area (Å²) in [6.45, 7) is 6.86. The van der Waals surface area contributed by atoms with Crippen molar-refractivity contribution < 1.29 is 9.53 Å². The molecule has 4 nitrogen and oxygen atoms in total. The number of hydrogen-bond donors (Lipinski definition) is 1. The molecule has 1 aliphatic rings. The van der Waals surface area contributed by atoms with Crippen LogP contribution < -0.4 is 10.1 Å². The van der Waals surface area contributed by atoms with Gasteiger partial charge in [-0.1, -0.05) is 19.9 Å². The summed E-state index contributed by atoms with van der Waals surface area (Å²) in [6, 6.07) is 6.42. The number of benzene rings is 1. The molecule has 128 valence electrons. The van der Waals surface area contributed by atoms with Crippen LogP contribution in [0, 0.1) is 0 Å². The van der Waals surface area contributed by atoms with Gasteiger partial charge in [-0.3, -0.25) is 0 Å². The van der Waals surface area contributed by atoms with E-state index < -0.39 is 0 Å². The maximum atomic E-state index is 12.1. The van der Waals surface area contributed by atoms with Crippen LogP contribution in [0.5, 0.6) is 5.75 Å². The van der Waals surface area contributed by atoms with Crippen molar-refractivity contribution in [2.75, 3.05) is 26.2 Å². The summed E-state index contributed by atoms with van der Waals surface area (Å²) < 4.78 is 5.79. The van der Waals surface area contributed by atoms with E-state index in [2.05, 4.69) is 31.3 Å². The quantitative estimate of drug-likeness (QED) is 0.741. The van der Waals surface area contributed by atoms with Gasteiger partial charge in [0.15, 0.2) is 0 Å². The van der Waals surface area contributed by atoms with Gasteiger partial charge in [-0.15, -0.1) is 0 Å². The Morgan fingerprint density at radius 2 is 1.83 bits per heavy atom. The van der Waals surface area contributed by atoms with Gasteiger partial charge >= 0.3 is 6.03 Å². The van der Waals surface area contributed by atoms with Crippen LogP contribution in [0.1, 0.15) is 50.7 Å². The van der Waals surface area contributed by atoms with Crippen LogP contribution in [-0.2, 0) is 12.8 Å². The number of fused-ring (bicyclic) bond motifs is 1. The van der Waals surface area contributed by atoms with Crippen LogP contribution in [-0.4, -0.2) is 37.2 Å². The Labute approximate surface area is 140 Å². The molecule has 0 fully saturated rings. The van der Waals surface area contributed by atoms with Crippen molar-refractivity contribution in [2.45, 2.75) is 52.4 Å². The fraction of sp³-hybridized carbons (Fsp3) is 0.632. The van der Waals surface area contributed by atoms with Crippen molar-refractivity contribution in [3.8, 4) is 5.75 Å². The third-order valence-electron chi connectivity index (χ3n) is 4.24. The topological polar surface area (TPSA) is 41.6 Å². The Bertz CT molecular complexity index is 496.